The van der Waals surface area contributed by atoms with E-state index in [1.54, 1.807) is 7.05 Å². The Hall–Kier alpha value is -2.59. The summed E-state index contributed by atoms with van der Waals surface area (Å²) < 4.78 is 0. The lowest BCUT2D eigenvalue weighted by Gasteiger charge is -2.32. The Morgan fingerprint density at radius 1 is 1.26 bits per heavy atom. The first-order valence-corrected chi connectivity index (χ1v) is 9.60. The first-order chi connectivity index (χ1) is 13.1. The third kappa shape index (κ3) is 7.27. The molecule has 7 heteroatoms. The van der Waals surface area contributed by atoms with Gasteiger partial charge in [0.2, 0.25) is 5.91 Å². The molecule has 3 N–H and O–H groups in total. The van der Waals surface area contributed by atoms with E-state index in [0.29, 0.717) is 24.7 Å². The van der Waals surface area contributed by atoms with Crippen LogP contribution in [0.3, 0.4) is 0 Å². The zero-order valence-corrected chi connectivity index (χ0v) is 16.3. The number of likely N-dealkylation sites (tertiary alicyclic amines) is 1. The molecule has 7 nitrogen and oxygen atoms in total. The number of aliphatic imine (C=N–C) groups is 1. The monoisotopic (exact) mass is 370 g/mol. The van der Waals surface area contributed by atoms with Gasteiger partial charge >= 0.3 is 0 Å². The van der Waals surface area contributed by atoms with Gasteiger partial charge in [0.1, 0.15) is 0 Å². The molecule has 1 fully saturated rings. The van der Waals surface area contributed by atoms with Crippen LogP contribution in [0.4, 0.5) is 0 Å². The summed E-state index contributed by atoms with van der Waals surface area (Å²) in [5.41, 5.74) is 1.77. The van der Waals surface area contributed by atoms with Crippen LogP contribution in [0.15, 0.2) is 29.3 Å². The summed E-state index contributed by atoms with van der Waals surface area (Å²) in [4.78, 5) is 18.3. The number of amides is 1. The molecule has 0 aromatic heterocycles. The van der Waals surface area contributed by atoms with Crippen LogP contribution in [-0.2, 0) is 11.3 Å². The number of nitrogens with one attached hydrogen (secondary N) is 3. The lowest BCUT2D eigenvalue weighted by molar-refractivity contribution is -0.122. The van der Waals surface area contributed by atoms with E-state index >= 15 is 0 Å². The largest absolute Gasteiger partial charge is 0.355 e. The van der Waals surface area contributed by atoms with Gasteiger partial charge in [-0.1, -0.05) is 19.1 Å². The van der Waals surface area contributed by atoms with E-state index in [0.717, 1.165) is 50.4 Å². The maximum Gasteiger partial charge on any atom is 0.234 e. The first kappa shape index (κ1) is 20.7. The molecule has 0 bridgehead atoms. The third-order valence-corrected chi connectivity index (χ3v) is 4.63. The molecule has 0 atom stereocenters. The van der Waals surface area contributed by atoms with Crippen LogP contribution < -0.4 is 16.0 Å². The zero-order chi connectivity index (χ0) is 19.5. The molecule has 1 aromatic rings. The van der Waals surface area contributed by atoms with Crippen molar-refractivity contribution in [3.05, 3.63) is 35.4 Å². The molecule has 1 saturated heterocycles. The summed E-state index contributed by atoms with van der Waals surface area (Å²) in [7, 11) is 1.77. The number of carbonyl (C=O) groups is 1. The van der Waals surface area contributed by atoms with Gasteiger partial charge in [-0.15, -0.1) is 0 Å². The quantitative estimate of drug-likeness (QED) is 0.496. The van der Waals surface area contributed by atoms with Gasteiger partial charge in [0, 0.05) is 39.3 Å². The van der Waals surface area contributed by atoms with Crippen LogP contribution in [0.1, 0.15) is 37.3 Å². The number of benzene rings is 1. The number of nitriles is 1. The number of nitrogens with zero attached hydrogens (tertiary/aromatic N) is 3. The van der Waals surface area contributed by atoms with Crippen molar-refractivity contribution >= 4 is 11.9 Å². The highest BCUT2D eigenvalue weighted by atomic mass is 16.2. The molecule has 1 aromatic carbocycles. The molecule has 1 aliphatic heterocycles. The molecular weight excluding hydrogens is 340 g/mol. The van der Waals surface area contributed by atoms with E-state index in [1.165, 1.54) is 0 Å². The molecule has 146 valence electrons. The van der Waals surface area contributed by atoms with Crippen LogP contribution in [0, 0.1) is 11.3 Å². The maximum atomic E-state index is 11.8. The highest BCUT2D eigenvalue weighted by Gasteiger charge is 2.21. The Morgan fingerprint density at radius 3 is 2.56 bits per heavy atom. The van der Waals surface area contributed by atoms with Crippen molar-refractivity contribution in [1.82, 2.24) is 20.9 Å². The lowest BCUT2D eigenvalue weighted by Crippen LogP contribution is -2.50. The summed E-state index contributed by atoms with van der Waals surface area (Å²) in [6.07, 6.45) is 2.93. The molecule has 0 spiro atoms. The summed E-state index contributed by atoms with van der Waals surface area (Å²) in [5, 5.41) is 18.6. The number of carbonyl (C=O) groups excluding carboxylic acids is 1. The summed E-state index contributed by atoms with van der Waals surface area (Å²) in [5.74, 6) is 0.890. The fourth-order valence-corrected chi connectivity index (χ4v) is 3.03. The second kappa shape index (κ2) is 11.2. The molecule has 0 unspecified atom stereocenters. The predicted molar refractivity (Wildman–Crippen MR) is 107 cm³/mol. The maximum absolute atomic E-state index is 11.8. The minimum atomic E-state index is 0.114. The number of hydrogen-bond donors (Lipinski definition) is 3. The van der Waals surface area contributed by atoms with E-state index in [9.17, 15) is 4.79 Å². The Bertz CT molecular complexity index is 656. The second-order valence-electron chi connectivity index (χ2n) is 6.78. The number of hydrogen-bond acceptors (Lipinski definition) is 4. The Balaban J connectivity index is 1.71. The van der Waals surface area contributed by atoms with Gasteiger partial charge in [-0.05, 0) is 37.0 Å². The highest BCUT2D eigenvalue weighted by Crippen LogP contribution is 2.10. The van der Waals surface area contributed by atoms with Crippen LogP contribution in [-0.4, -0.2) is 56.0 Å². The SMILES string of the molecule is CCCNC(=O)CN1CCC(NC(=NC)NCc2ccc(C#N)cc2)CC1. The van der Waals surface area contributed by atoms with Crippen molar-refractivity contribution < 1.29 is 4.79 Å². The minimum absolute atomic E-state index is 0.114. The average Bonchev–Trinajstić information content (AvgIpc) is 2.71. The van der Waals surface area contributed by atoms with Gasteiger partial charge in [-0.3, -0.25) is 14.7 Å². The van der Waals surface area contributed by atoms with Crippen molar-refractivity contribution in [3.8, 4) is 6.07 Å². The smallest absolute Gasteiger partial charge is 0.234 e. The standard InChI is InChI=1S/C20H30N6O/c1-3-10-23-19(27)15-26-11-8-18(9-12-26)25-20(22-2)24-14-17-6-4-16(13-21)5-7-17/h4-7,18H,3,8-12,14-15H2,1-2H3,(H,23,27)(H2,22,24,25). The molecule has 27 heavy (non-hydrogen) atoms. The van der Waals surface area contributed by atoms with Gasteiger partial charge in [-0.2, -0.15) is 5.26 Å². The number of rotatable bonds is 7. The van der Waals surface area contributed by atoms with E-state index in [-0.39, 0.29) is 5.91 Å². The molecule has 0 saturated carbocycles. The van der Waals surface area contributed by atoms with Crippen molar-refractivity contribution in [1.29, 1.82) is 5.26 Å². The van der Waals surface area contributed by atoms with E-state index in [2.05, 4.69) is 38.8 Å². The third-order valence-electron chi connectivity index (χ3n) is 4.63. The Kier molecular flexibility index (Phi) is 8.59. The van der Waals surface area contributed by atoms with Gasteiger partial charge in [0.15, 0.2) is 5.96 Å². The van der Waals surface area contributed by atoms with E-state index < -0.39 is 0 Å². The lowest BCUT2D eigenvalue weighted by atomic mass is 10.1. The van der Waals surface area contributed by atoms with Gasteiger partial charge in [-0.25, -0.2) is 0 Å². The van der Waals surface area contributed by atoms with Gasteiger partial charge < -0.3 is 16.0 Å². The van der Waals surface area contributed by atoms with Crippen molar-refractivity contribution in [3.63, 3.8) is 0 Å². The average molecular weight is 371 g/mol. The topological polar surface area (TPSA) is 92.6 Å². The molecule has 1 amide bonds. The molecular formula is C20H30N6O. The minimum Gasteiger partial charge on any atom is -0.355 e. The predicted octanol–water partition coefficient (Wildman–Crippen LogP) is 1.21. The number of piperidine rings is 1. The van der Waals surface area contributed by atoms with Gasteiger partial charge in [0.25, 0.3) is 0 Å². The van der Waals surface area contributed by atoms with Crippen molar-refractivity contribution in [2.24, 2.45) is 4.99 Å². The van der Waals surface area contributed by atoms with Crippen LogP contribution in [0.2, 0.25) is 0 Å². The zero-order valence-electron chi connectivity index (χ0n) is 16.3. The van der Waals surface area contributed by atoms with Crippen molar-refractivity contribution in [2.45, 2.75) is 38.8 Å². The summed E-state index contributed by atoms with van der Waals surface area (Å²) in [6, 6.07) is 10.0. The van der Waals surface area contributed by atoms with Crippen molar-refractivity contribution in [2.75, 3.05) is 33.2 Å². The fourth-order valence-electron chi connectivity index (χ4n) is 3.03. The molecule has 1 aliphatic rings. The fraction of sp³-hybridized carbons (Fsp3) is 0.550. The van der Waals surface area contributed by atoms with Crippen LogP contribution in [0.25, 0.3) is 0 Å². The Morgan fingerprint density at radius 2 is 1.96 bits per heavy atom. The molecule has 2 rings (SSSR count). The molecule has 1 heterocycles. The first-order valence-electron chi connectivity index (χ1n) is 9.60. The van der Waals surface area contributed by atoms with E-state index in [4.69, 9.17) is 5.26 Å². The Labute approximate surface area is 161 Å². The summed E-state index contributed by atoms with van der Waals surface area (Å²) >= 11 is 0. The number of guanidine groups is 1. The summed E-state index contributed by atoms with van der Waals surface area (Å²) in [6.45, 7) is 5.76. The van der Waals surface area contributed by atoms with Gasteiger partial charge in [0.05, 0.1) is 18.2 Å². The van der Waals surface area contributed by atoms with Crippen LogP contribution in [0.5, 0.6) is 0 Å². The normalized spacial score (nSPS) is 15.8. The molecule has 0 aliphatic carbocycles. The highest BCUT2D eigenvalue weighted by molar-refractivity contribution is 5.80. The second-order valence-corrected chi connectivity index (χ2v) is 6.78. The van der Waals surface area contributed by atoms with E-state index in [1.807, 2.05) is 24.3 Å². The van der Waals surface area contributed by atoms with Crippen LogP contribution >= 0.6 is 0 Å². The molecule has 0 radical (unpaired) electrons.